The molecule has 3 rings (SSSR count). The van der Waals surface area contributed by atoms with Gasteiger partial charge in [0.25, 0.3) is 0 Å². The minimum atomic E-state index is -3.51. The molecule has 0 aliphatic heterocycles. The fourth-order valence-corrected chi connectivity index (χ4v) is 4.37. The Labute approximate surface area is 175 Å². The number of aromatic nitrogens is 3. The van der Waals surface area contributed by atoms with E-state index in [1.54, 1.807) is 16.7 Å². The lowest BCUT2D eigenvalue weighted by Gasteiger charge is -2.12. The van der Waals surface area contributed by atoms with Gasteiger partial charge in [-0.05, 0) is 30.3 Å². The zero-order valence-electron chi connectivity index (χ0n) is 14.8. The van der Waals surface area contributed by atoms with Crippen LogP contribution in [0.3, 0.4) is 0 Å². The van der Waals surface area contributed by atoms with Crippen LogP contribution in [0.15, 0.2) is 46.6 Å². The maximum Gasteiger partial charge on any atom is 0.242 e. The first-order chi connectivity index (χ1) is 13.2. The van der Waals surface area contributed by atoms with E-state index in [4.69, 9.17) is 23.2 Å². The smallest absolute Gasteiger partial charge is 0.242 e. The van der Waals surface area contributed by atoms with Crippen molar-refractivity contribution in [3.05, 3.63) is 46.6 Å². The first-order valence-electron chi connectivity index (χ1n) is 7.83. The third kappa shape index (κ3) is 4.41. The summed E-state index contributed by atoms with van der Waals surface area (Å²) in [6, 6.07) is 7.51. The Morgan fingerprint density at radius 2 is 1.89 bits per heavy atom. The van der Waals surface area contributed by atoms with Gasteiger partial charge in [-0.3, -0.25) is 9.20 Å². The van der Waals surface area contributed by atoms with E-state index in [1.807, 2.05) is 0 Å². The normalized spacial score (nSPS) is 11.9. The van der Waals surface area contributed by atoms with Gasteiger partial charge in [-0.15, -0.1) is 10.2 Å². The Morgan fingerprint density at radius 3 is 2.54 bits per heavy atom. The van der Waals surface area contributed by atoms with E-state index in [0.717, 1.165) is 4.31 Å². The van der Waals surface area contributed by atoms with Crippen LogP contribution in [0.25, 0.3) is 5.65 Å². The lowest BCUT2D eigenvalue weighted by Crippen LogP contribution is -2.22. The van der Waals surface area contributed by atoms with Crippen LogP contribution in [-0.2, 0) is 14.8 Å². The van der Waals surface area contributed by atoms with Crippen LogP contribution in [0, 0.1) is 0 Å². The molecule has 148 valence electrons. The van der Waals surface area contributed by atoms with E-state index in [0.29, 0.717) is 26.5 Å². The molecule has 28 heavy (non-hydrogen) atoms. The van der Waals surface area contributed by atoms with Crippen LogP contribution in [-0.4, -0.2) is 53.1 Å². The number of sulfonamides is 1. The SMILES string of the molecule is CN(C)S(=O)(=O)c1ccc(NC(=O)CSc2nnc3c(Cl)cc(Cl)cn23)cc1. The summed E-state index contributed by atoms with van der Waals surface area (Å²) in [5.74, 6) is -0.207. The summed E-state index contributed by atoms with van der Waals surface area (Å²) in [4.78, 5) is 12.3. The van der Waals surface area contributed by atoms with Gasteiger partial charge in [-0.1, -0.05) is 35.0 Å². The third-order valence-corrected chi connectivity index (χ3v) is 6.90. The van der Waals surface area contributed by atoms with Crippen molar-refractivity contribution in [1.82, 2.24) is 18.9 Å². The van der Waals surface area contributed by atoms with Gasteiger partial charge in [-0.25, -0.2) is 12.7 Å². The Morgan fingerprint density at radius 1 is 1.21 bits per heavy atom. The second-order valence-electron chi connectivity index (χ2n) is 5.83. The number of benzene rings is 1. The molecule has 0 saturated carbocycles. The zero-order valence-corrected chi connectivity index (χ0v) is 17.9. The summed E-state index contributed by atoms with van der Waals surface area (Å²) in [5, 5.41) is 12.0. The Kier molecular flexibility index (Phi) is 6.15. The summed E-state index contributed by atoms with van der Waals surface area (Å²) < 4.78 is 26.8. The molecule has 12 heteroatoms. The van der Waals surface area contributed by atoms with Gasteiger partial charge in [0, 0.05) is 26.0 Å². The minimum absolute atomic E-state index is 0.0721. The quantitative estimate of drug-likeness (QED) is 0.568. The van der Waals surface area contributed by atoms with Crippen molar-refractivity contribution >= 4 is 62.2 Å². The van der Waals surface area contributed by atoms with Gasteiger partial charge in [0.15, 0.2) is 10.8 Å². The number of hydrogen-bond donors (Lipinski definition) is 1. The van der Waals surface area contributed by atoms with Gasteiger partial charge in [0.2, 0.25) is 15.9 Å². The summed E-state index contributed by atoms with van der Waals surface area (Å²) in [5.41, 5.74) is 0.937. The van der Waals surface area contributed by atoms with Gasteiger partial charge in [-0.2, -0.15) is 0 Å². The van der Waals surface area contributed by atoms with E-state index in [2.05, 4.69) is 15.5 Å². The number of carbonyl (C=O) groups is 1. The van der Waals surface area contributed by atoms with Crippen LogP contribution in [0.2, 0.25) is 10.0 Å². The van der Waals surface area contributed by atoms with E-state index in [1.165, 1.54) is 50.1 Å². The molecule has 2 heterocycles. The van der Waals surface area contributed by atoms with Crippen molar-refractivity contribution in [2.75, 3.05) is 25.2 Å². The third-order valence-electron chi connectivity index (χ3n) is 3.64. The van der Waals surface area contributed by atoms with E-state index < -0.39 is 10.0 Å². The number of pyridine rings is 1. The topological polar surface area (TPSA) is 96.7 Å². The van der Waals surface area contributed by atoms with Crippen molar-refractivity contribution in [2.45, 2.75) is 10.1 Å². The molecule has 8 nitrogen and oxygen atoms in total. The van der Waals surface area contributed by atoms with E-state index >= 15 is 0 Å². The molecular weight excluding hydrogens is 445 g/mol. The average molecular weight is 460 g/mol. The van der Waals surface area contributed by atoms with Gasteiger partial charge in [0.1, 0.15) is 0 Å². The first-order valence-corrected chi connectivity index (χ1v) is 11.0. The molecule has 1 amide bonds. The summed E-state index contributed by atoms with van der Waals surface area (Å²) in [7, 11) is -0.603. The number of nitrogens with one attached hydrogen (secondary N) is 1. The van der Waals surface area contributed by atoms with Crippen LogP contribution >= 0.6 is 35.0 Å². The Bertz CT molecular complexity index is 1130. The molecule has 0 radical (unpaired) electrons. The molecule has 0 bridgehead atoms. The fraction of sp³-hybridized carbons (Fsp3) is 0.188. The number of carbonyl (C=O) groups excluding carboxylic acids is 1. The monoisotopic (exact) mass is 459 g/mol. The van der Waals surface area contributed by atoms with Crippen LogP contribution < -0.4 is 5.32 Å². The molecule has 3 aromatic rings. The van der Waals surface area contributed by atoms with Gasteiger partial charge < -0.3 is 5.32 Å². The fourth-order valence-electron chi connectivity index (χ4n) is 2.25. The highest BCUT2D eigenvalue weighted by molar-refractivity contribution is 7.99. The second kappa shape index (κ2) is 8.26. The van der Waals surface area contributed by atoms with Crippen LogP contribution in [0.5, 0.6) is 0 Å². The lowest BCUT2D eigenvalue weighted by molar-refractivity contribution is -0.113. The molecule has 0 aliphatic carbocycles. The van der Waals surface area contributed by atoms with Gasteiger partial charge >= 0.3 is 0 Å². The molecule has 0 saturated heterocycles. The highest BCUT2D eigenvalue weighted by Crippen LogP contribution is 2.25. The predicted molar refractivity (Wildman–Crippen MR) is 110 cm³/mol. The van der Waals surface area contributed by atoms with Crippen molar-refractivity contribution in [1.29, 1.82) is 0 Å². The minimum Gasteiger partial charge on any atom is -0.325 e. The number of fused-ring (bicyclic) bond motifs is 1. The standard InChI is InChI=1S/C16H15Cl2N5O3S2/c1-22(2)28(25,26)12-5-3-11(4-6-12)19-14(24)9-27-16-21-20-15-13(18)7-10(17)8-23(15)16/h3-8H,9H2,1-2H3,(H,19,24). The molecule has 0 unspecified atom stereocenters. The predicted octanol–water partition coefficient (Wildman–Crippen LogP) is 3.02. The molecule has 2 aromatic heterocycles. The highest BCUT2D eigenvalue weighted by Gasteiger charge is 2.17. The zero-order chi connectivity index (χ0) is 20.5. The molecule has 0 aliphatic rings. The lowest BCUT2D eigenvalue weighted by atomic mass is 10.3. The number of amides is 1. The number of thioether (sulfide) groups is 1. The highest BCUT2D eigenvalue weighted by atomic mass is 35.5. The summed E-state index contributed by atoms with van der Waals surface area (Å²) in [6.07, 6.45) is 1.62. The maximum absolute atomic E-state index is 12.2. The number of hydrogen-bond acceptors (Lipinski definition) is 6. The molecule has 1 N–H and O–H groups in total. The van der Waals surface area contributed by atoms with Crippen molar-refractivity contribution in [3.8, 4) is 0 Å². The van der Waals surface area contributed by atoms with E-state index in [9.17, 15) is 13.2 Å². The molecular formula is C16H15Cl2N5O3S2. The van der Waals surface area contributed by atoms with Gasteiger partial charge in [0.05, 0.1) is 20.7 Å². The second-order valence-corrected chi connectivity index (χ2v) is 9.77. The summed E-state index contributed by atoms with van der Waals surface area (Å²) >= 11 is 13.2. The molecule has 1 aromatic carbocycles. The number of halogens is 2. The molecule has 0 fully saturated rings. The Hall–Kier alpha value is -1.85. The Balaban J connectivity index is 1.65. The largest absolute Gasteiger partial charge is 0.325 e. The van der Waals surface area contributed by atoms with Crippen LogP contribution in [0.1, 0.15) is 0 Å². The van der Waals surface area contributed by atoms with E-state index in [-0.39, 0.29) is 16.6 Å². The maximum atomic E-state index is 12.2. The number of nitrogens with zero attached hydrogens (tertiary/aromatic N) is 4. The summed E-state index contributed by atoms with van der Waals surface area (Å²) in [6.45, 7) is 0. The van der Waals surface area contributed by atoms with Crippen molar-refractivity contribution in [2.24, 2.45) is 0 Å². The van der Waals surface area contributed by atoms with Crippen molar-refractivity contribution < 1.29 is 13.2 Å². The molecule has 0 atom stereocenters. The number of anilines is 1. The number of rotatable bonds is 6. The van der Waals surface area contributed by atoms with Crippen molar-refractivity contribution in [3.63, 3.8) is 0 Å². The first kappa shape index (κ1) is 20.9. The van der Waals surface area contributed by atoms with Crippen LogP contribution in [0.4, 0.5) is 5.69 Å². The average Bonchev–Trinajstić information content (AvgIpc) is 3.03. The molecule has 0 spiro atoms.